The molecule has 0 aromatic heterocycles. The standard InChI is InChI=1S/C24H31NO2/c1-18-2-4-19(5-3-18)16-24(27)10-12-25(13-11-24)17-20-6-7-22-15-23(26)9-8-21(22)14-20/h2-5,8-9,15,20,26-27H,6-7,10-14,16-17H2,1H3. The third-order valence-corrected chi connectivity index (χ3v) is 6.48. The molecule has 0 spiro atoms. The summed E-state index contributed by atoms with van der Waals surface area (Å²) in [5, 5.41) is 20.7. The van der Waals surface area contributed by atoms with Gasteiger partial charge in [0, 0.05) is 26.1 Å². The van der Waals surface area contributed by atoms with Crippen LogP contribution >= 0.6 is 0 Å². The average Bonchev–Trinajstić information content (AvgIpc) is 2.66. The first-order valence-electron chi connectivity index (χ1n) is 10.3. The second-order valence-electron chi connectivity index (χ2n) is 8.75. The Hall–Kier alpha value is -1.84. The van der Waals surface area contributed by atoms with Crippen molar-refractivity contribution in [2.45, 2.75) is 51.0 Å². The molecule has 2 aromatic rings. The molecule has 1 unspecified atom stereocenters. The molecule has 1 aliphatic carbocycles. The number of aryl methyl sites for hydroxylation is 2. The van der Waals surface area contributed by atoms with Gasteiger partial charge in [-0.25, -0.2) is 0 Å². The molecule has 3 nitrogen and oxygen atoms in total. The molecule has 1 saturated heterocycles. The number of phenols is 1. The summed E-state index contributed by atoms with van der Waals surface area (Å²) in [4.78, 5) is 2.54. The van der Waals surface area contributed by atoms with Crippen LogP contribution in [0, 0.1) is 12.8 Å². The summed E-state index contributed by atoms with van der Waals surface area (Å²) in [5.41, 5.74) is 4.67. The zero-order chi connectivity index (χ0) is 18.9. The fourth-order valence-corrected chi connectivity index (χ4v) is 4.75. The lowest BCUT2D eigenvalue weighted by Gasteiger charge is -2.40. The molecular weight excluding hydrogens is 334 g/mol. The normalized spacial score (nSPS) is 22.4. The number of likely N-dealkylation sites (tertiary alicyclic amines) is 1. The minimum atomic E-state index is -0.553. The van der Waals surface area contributed by atoms with Crippen LogP contribution in [0.4, 0.5) is 0 Å². The molecular formula is C24H31NO2. The monoisotopic (exact) mass is 365 g/mol. The van der Waals surface area contributed by atoms with Crippen LogP contribution in [0.5, 0.6) is 5.75 Å². The van der Waals surface area contributed by atoms with Crippen molar-refractivity contribution in [3.8, 4) is 5.75 Å². The third kappa shape index (κ3) is 4.53. The first-order chi connectivity index (χ1) is 13.0. The fourth-order valence-electron chi connectivity index (χ4n) is 4.75. The van der Waals surface area contributed by atoms with Crippen molar-refractivity contribution in [2.24, 2.45) is 5.92 Å². The highest BCUT2D eigenvalue weighted by atomic mass is 16.3. The van der Waals surface area contributed by atoms with E-state index in [1.165, 1.54) is 28.7 Å². The molecule has 1 atom stereocenters. The predicted molar refractivity (Wildman–Crippen MR) is 109 cm³/mol. The van der Waals surface area contributed by atoms with E-state index in [9.17, 15) is 10.2 Å². The molecule has 0 radical (unpaired) electrons. The molecule has 2 N–H and O–H groups in total. The smallest absolute Gasteiger partial charge is 0.115 e. The Morgan fingerprint density at radius 2 is 1.78 bits per heavy atom. The lowest BCUT2D eigenvalue weighted by Crippen LogP contribution is -2.47. The van der Waals surface area contributed by atoms with Crippen LogP contribution in [0.2, 0.25) is 0 Å². The summed E-state index contributed by atoms with van der Waals surface area (Å²) < 4.78 is 0. The lowest BCUT2D eigenvalue weighted by molar-refractivity contribution is -0.0239. The summed E-state index contributed by atoms with van der Waals surface area (Å²) >= 11 is 0. The minimum absolute atomic E-state index is 0.385. The highest BCUT2D eigenvalue weighted by molar-refractivity contribution is 5.36. The van der Waals surface area contributed by atoms with Crippen LogP contribution in [0.15, 0.2) is 42.5 Å². The highest BCUT2D eigenvalue weighted by Crippen LogP contribution is 2.31. The van der Waals surface area contributed by atoms with Crippen LogP contribution in [0.3, 0.4) is 0 Å². The van der Waals surface area contributed by atoms with Crippen LogP contribution in [-0.2, 0) is 19.3 Å². The number of aromatic hydroxyl groups is 1. The zero-order valence-corrected chi connectivity index (χ0v) is 16.3. The molecule has 2 aromatic carbocycles. The van der Waals surface area contributed by atoms with Gasteiger partial charge >= 0.3 is 0 Å². The Kier molecular flexibility index (Phi) is 5.25. The Labute approximate surface area is 162 Å². The molecule has 27 heavy (non-hydrogen) atoms. The van der Waals surface area contributed by atoms with E-state index in [1.807, 2.05) is 12.1 Å². The second kappa shape index (κ2) is 7.65. The Balaban J connectivity index is 1.29. The van der Waals surface area contributed by atoms with Gasteiger partial charge in [0.2, 0.25) is 0 Å². The molecule has 1 heterocycles. The van der Waals surface area contributed by atoms with E-state index in [0.717, 1.165) is 51.7 Å². The first-order valence-corrected chi connectivity index (χ1v) is 10.3. The molecule has 0 saturated carbocycles. The molecule has 0 bridgehead atoms. The van der Waals surface area contributed by atoms with E-state index in [-0.39, 0.29) is 0 Å². The Morgan fingerprint density at radius 1 is 1.04 bits per heavy atom. The van der Waals surface area contributed by atoms with Gasteiger partial charge in [-0.15, -0.1) is 0 Å². The third-order valence-electron chi connectivity index (χ3n) is 6.48. The van der Waals surface area contributed by atoms with Crippen molar-refractivity contribution in [1.82, 2.24) is 4.90 Å². The topological polar surface area (TPSA) is 43.7 Å². The van der Waals surface area contributed by atoms with Gasteiger partial charge in [0.05, 0.1) is 5.60 Å². The van der Waals surface area contributed by atoms with Crippen molar-refractivity contribution in [2.75, 3.05) is 19.6 Å². The molecule has 0 amide bonds. The van der Waals surface area contributed by atoms with E-state index < -0.39 is 5.60 Å². The number of rotatable bonds is 4. The van der Waals surface area contributed by atoms with Crippen LogP contribution in [0.25, 0.3) is 0 Å². The number of hydrogen-bond donors (Lipinski definition) is 2. The number of fused-ring (bicyclic) bond motifs is 1. The van der Waals surface area contributed by atoms with Crippen molar-refractivity contribution < 1.29 is 10.2 Å². The van der Waals surface area contributed by atoms with Crippen LogP contribution in [0.1, 0.15) is 41.5 Å². The van der Waals surface area contributed by atoms with Gasteiger partial charge in [0.15, 0.2) is 0 Å². The summed E-state index contributed by atoms with van der Waals surface area (Å²) in [7, 11) is 0. The Morgan fingerprint density at radius 3 is 2.52 bits per heavy atom. The maximum absolute atomic E-state index is 11.0. The van der Waals surface area contributed by atoms with Gasteiger partial charge in [0.25, 0.3) is 0 Å². The largest absolute Gasteiger partial charge is 0.508 e. The van der Waals surface area contributed by atoms with E-state index >= 15 is 0 Å². The van der Waals surface area contributed by atoms with Gasteiger partial charge in [-0.2, -0.15) is 0 Å². The van der Waals surface area contributed by atoms with Crippen LogP contribution in [-0.4, -0.2) is 40.3 Å². The Bertz CT molecular complexity index is 775. The zero-order valence-electron chi connectivity index (χ0n) is 16.3. The summed E-state index contributed by atoms with van der Waals surface area (Å²) in [5.74, 6) is 1.07. The molecule has 1 fully saturated rings. The van der Waals surface area contributed by atoms with Gasteiger partial charge in [-0.05, 0) is 73.8 Å². The van der Waals surface area contributed by atoms with Crippen molar-refractivity contribution >= 4 is 0 Å². The molecule has 1 aliphatic heterocycles. The van der Waals surface area contributed by atoms with Gasteiger partial charge < -0.3 is 15.1 Å². The van der Waals surface area contributed by atoms with E-state index in [4.69, 9.17) is 0 Å². The average molecular weight is 366 g/mol. The quantitative estimate of drug-likeness (QED) is 0.864. The van der Waals surface area contributed by atoms with Crippen molar-refractivity contribution in [3.05, 3.63) is 64.7 Å². The van der Waals surface area contributed by atoms with Gasteiger partial charge in [0.1, 0.15) is 5.75 Å². The fraction of sp³-hybridized carbons (Fsp3) is 0.500. The van der Waals surface area contributed by atoms with Crippen molar-refractivity contribution in [1.29, 1.82) is 0 Å². The number of piperidine rings is 1. The molecule has 3 heteroatoms. The second-order valence-corrected chi connectivity index (χ2v) is 8.75. The van der Waals surface area contributed by atoms with E-state index in [2.05, 4.69) is 42.2 Å². The lowest BCUT2D eigenvalue weighted by atomic mass is 9.82. The molecule has 4 rings (SSSR count). The maximum atomic E-state index is 11.0. The number of hydrogen-bond acceptors (Lipinski definition) is 3. The van der Waals surface area contributed by atoms with E-state index in [1.54, 1.807) is 0 Å². The maximum Gasteiger partial charge on any atom is 0.115 e. The number of nitrogens with zero attached hydrogens (tertiary/aromatic N) is 1. The summed E-state index contributed by atoms with van der Waals surface area (Å²) in [6.07, 6.45) is 5.86. The number of benzene rings is 2. The van der Waals surface area contributed by atoms with Crippen LogP contribution < -0.4 is 0 Å². The molecule has 2 aliphatic rings. The van der Waals surface area contributed by atoms with E-state index in [0.29, 0.717) is 11.7 Å². The number of aliphatic hydroxyl groups is 1. The van der Waals surface area contributed by atoms with Gasteiger partial charge in [-0.1, -0.05) is 35.9 Å². The first kappa shape index (κ1) is 18.5. The highest BCUT2D eigenvalue weighted by Gasteiger charge is 2.33. The molecule has 144 valence electrons. The summed E-state index contributed by atoms with van der Waals surface area (Å²) in [6, 6.07) is 14.4. The predicted octanol–water partition coefficient (Wildman–Crippen LogP) is 3.88. The SMILES string of the molecule is Cc1ccc(CC2(O)CCN(CC3CCc4cc(O)ccc4C3)CC2)cc1. The number of phenolic OH excluding ortho intramolecular Hbond substituents is 1. The van der Waals surface area contributed by atoms with Crippen molar-refractivity contribution in [3.63, 3.8) is 0 Å². The summed E-state index contributed by atoms with van der Waals surface area (Å²) in [6.45, 7) is 5.20. The van der Waals surface area contributed by atoms with Gasteiger partial charge in [-0.3, -0.25) is 0 Å². The minimum Gasteiger partial charge on any atom is -0.508 e.